The van der Waals surface area contributed by atoms with Crippen molar-refractivity contribution in [3.63, 3.8) is 0 Å². The second-order valence-electron chi connectivity index (χ2n) is 10.4. The van der Waals surface area contributed by atoms with Gasteiger partial charge in [0.1, 0.15) is 34.5 Å². The molecular weight excluding hydrogens is 504 g/mol. The number of aromatic nitrogens is 3. The third kappa shape index (κ3) is 4.73. The van der Waals surface area contributed by atoms with Crippen LogP contribution >= 0.6 is 0 Å². The first kappa shape index (κ1) is 25.4. The molecule has 1 aliphatic carbocycles. The Labute approximate surface area is 231 Å². The van der Waals surface area contributed by atoms with Crippen molar-refractivity contribution in [2.75, 3.05) is 18.8 Å². The van der Waals surface area contributed by atoms with E-state index in [9.17, 15) is 14.9 Å². The van der Waals surface area contributed by atoms with Gasteiger partial charge in [-0.2, -0.15) is 5.26 Å². The van der Waals surface area contributed by atoms with Crippen LogP contribution in [0.2, 0.25) is 0 Å². The number of fused-ring (bicyclic) bond motifs is 1. The van der Waals surface area contributed by atoms with Gasteiger partial charge >= 0.3 is 5.69 Å². The van der Waals surface area contributed by atoms with Crippen molar-refractivity contribution >= 4 is 22.8 Å². The van der Waals surface area contributed by atoms with Gasteiger partial charge in [-0.3, -0.25) is 13.9 Å². The zero-order valence-electron chi connectivity index (χ0n) is 22.1. The molecule has 2 N–H and O–H groups in total. The number of rotatable bonds is 6. The van der Waals surface area contributed by atoms with E-state index in [1.54, 1.807) is 26.3 Å². The largest absolute Gasteiger partial charge is 0.457 e. The van der Waals surface area contributed by atoms with E-state index in [2.05, 4.69) is 11.1 Å². The molecule has 202 valence electrons. The molecule has 1 unspecified atom stereocenters. The lowest BCUT2D eigenvalue weighted by Gasteiger charge is -2.33. The summed E-state index contributed by atoms with van der Waals surface area (Å²) in [5, 5.41) is 9.67. The minimum absolute atomic E-state index is 0.200. The molecule has 2 aliphatic rings. The molecule has 1 saturated carbocycles. The monoisotopic (exact) mass is 534 g/mol. The molecule has 1 amide bonds. The minimum atomic E-state index is -0.264. The molecule has 0 spiro atoms. The predicted octanol–water partition coefficient (Wildman–Crippen LogP) is 4.98. The van der Waals surface area contributed by atoms with Gasteiger partial charge in [0.2, 0.25) is 0 Å². The summed E-state index contributed by atoms with van der Waals surface area (Å²) in [6.07, 6.45) is 8.04. The van der Waals surface area contributed by atoms with E-state index in [-0.39, 0.29) is 29.0 Å². The molecule has 6 rings (SSSR count). The molecule has 9 nitrogen and oxygen atoms in total. The number of anilines is 1. The number of amides is 1. The van der Waals surface area contributed by atoms with Gasteiger partial charge in [0.25, 0.3) is 5.91 Å². The molecule has 9 heteroatoms. The van der Waals surface area contributed by atoms with Gasteiger partial charge < -0.3 is 15.4 Å². The normalized spacial score (nSPS) is 17.8. The average Bonchev–Trinajstić information content (AvgIpc) is 3.26. The van der Waals surface area contributed by atoms with Crippen LogP contribution in [0.4, 0.5) is 5.82 Å². The Balaban J connectivity index is 1.33. The number of carbonyl (C=O) groups excluding carboxylic acids is 1. The first-order chi connectivity index (χ1) is 19.5. The number of likely N-dealkylation sites (tertiary alicyclic amines) is 1. The average molecular weight is 535 g/mol. The van der Waals surface area contributed by atoms with E-state index < -0.39 is 0 Å². The van der Waals surface area contributed by atoms with Crippen LogP contribution in [0.5, 0.6) is 11.5 Å². The Morgan fingerprint density at radius 1 is 1.02 bits per heavy atom. The number of nitrogen functional groups attached to an aromatic ring is 1. The van der Waals surface area contributed by atoms with Crippen LogP contribution in [0.15, 0.2) is 83.3 Å². The lowest BCUT2D eigenvalue weighted by atomic mass is 9.84. The van der Waals surface area contributed by atoms with E-state index in [0.29, 0.717) is 41.5 Å². The number of imidazole rings is 1. The highest BCUT2D eigenvalue weighted by atomic mass is 16.5. The Kier molecular flexibility index (Phi) is 6.83. The summed E-state index contributed by atoms with van der Waals surface area (Å²) in [6.45, 7) is 0.895. The molecule has 0 radical (unpaired) electrons. The van der Waals surface area contributed by atoms with Crippen LogP contribution < -0.4 is 16.2 Å². The first-order valence-corrected chi connectivity index (χ1v) is 13.7. The quantitative estimate of drug-likeness (QED) is 0.275. The zero-order valence-corrected chi connectivity index (χ0v) is 22.1. The molecule has 1 saturated heterocycles. The van der Waals surface area contributed by atoms with E-state index in [0.717, 1.165) is 37.9 Å². The number of nitrogens with zero attached hydrogens (tertiary/aromatic N) is 5. The van der Waals surface area contributed by atoms with E-state index in [1.165, 1.54) is 0 Å². The number of nitriles is 1. The number of nitrogens with two attached hydrogens (primary N) is 1. The molecule has 1 aliphatic heterocycles. The second-order valence-corrected chi connectivity index (χ2v) is 10.4. The number of carbonyl (C=O) groups is 1. The highest BCUT2D eigenvalue weighted by Gasteiger charge is 2.31. The predicted molar refractivity (Wildman–Crippen MR) is 152 cm³/mol. The number of pyridine rings is 1. The summed E-state index contributed by atoms with van der Waals surface area (Å²) in [5.41, 5.74) is 8.08. The summed E-state index contributed by atoms with van der Waals surface area (Å²) >= 11 is 0. The number of benzene rings is 2. The van der Waals surface area contributed by atoms with Gasteiger partial charge in [0.15, 0.2) is 0 Å². The van der Waals surface area contributed by atoms with Crippen molar-refractivity contribution in [3.05, 3.63) is 89.0 Å². The van der Waals surface area contributed by atoms with Crippen LogP contribution in [-0.4, -0.2) is 38.0 Å². The topological polar surface area (TPSA) is 119 Å². The van der Waals surface area contributed by atoms with Crippen molar-refractivity contribution in [2.45, 2.75) is 38.1 Å². The second kappa shape index (κ2) is 10.7. The van der Waals surface area contributed by atoms with Gasteiger partial charge in [0, 0.05) is 19.3 Å². The number of hydrogen-bond acceptors (Lipinski definition) is 6. The zero-order chi connectivity index (χ0) is 27.6. The summed E-state index contributed by atoms with van der Waals surface area (Å²) in [4.78, 5) is 33.3. The van der Waals surface area contributed by atoms with E-state index in [4.69, 9.17) is 10.5 Å². The SMILES string of the molecule is N#CC(=CC1CCC1)C(=O)N1CCCC(n2c(=O)n(-c3ccc(Oc4ccccc4)cc3)c3c(N)nccc32)C1. The van der Waals surface area contributed by atoms with Gasteiger partial charge in [-0.05, 0) is 74.1 Å². The lowest BCUT2D eigenvalue weighted by molar-refractivity contribution is -0.128. The maximum absolute atomic E-state index is 14.0. The van der Waals surface area contributed by atoms with Crippen molar-refractivity contribution in [3.8, 4) is 23.3 Å². The molecule has 3 heterocycles. The van der Waals surface area contributed by atoms with Crippen LogP contribution in [0.3, 0.4) is 0 Å². The molecule has 2 fully saturated rings. The summed E-state index contributed by atoms with van der Waals surface area (Å²) in [6, 6.07) is 20.4. The van der Waals surface area contributed by atoms with Crippen LogP contribution in [-0.2, 0) is 4.79 Å². The van der Waals surface area contributed by atoms with Crippen molar-refractivity contribution < 1.29 is 9.53 Å². The highest BCUT2D eigenvalue weighted by molar-refractivity contribution is 5.97. The molecule has 2 aromatic carbocycles. The number of allylic oxidation sites excluding steroid dienone is 1. The van der Waals surface area contributed by atoms with Gasteiger partial charge in [-0.1, -0.05) is 30.7 Å². The third-order valence-electron chi connectivity index (χ3n) is 7.84. The van der Waals surface area contributed by atoms with Gasteiger partial charge in [0.05, 0.1) is 17.2 Å². The Morgan fingerprint density at radius 3 is 2.48 bits per heavy atom. The Morgan fingerprint density at radius 2 is 1.77 bits per heavy atom. The van der Waals surface area contributed by atoms with Gasteiger partial charge in [-0.15, -0.1) is 0 Å². The lowest BCUT2D eigenvalue weighted by Crippen LogP contribution is -2.43. The summed E-state index contributed by atoms with van der Waals surface area (Å²) in [5.74, 6) is 1.65. The van der Waals surface area contributed by atoms with E-state index >= 15 is 0 Å². The molecule has 1 atom stereocenters. The third-order valence-corrected chi connectivity index (χ3v) is 7.84. The standard InChI is InChI=1S/C31H30N6O3/c32-19-22(18-21-6-4-7-21)30(38)35-17-5-8-24(20-35)36-27-15-16-34-29(33)28(27)37(31(36)39)23-11-13-26(14-12-23)40-25-9-2-1-3-10-25/h1-3,9-16,18,21,24H,4-8,17,20H2,(H2,33,34). The Bertz CT molecular complexity index is 1680. The minimum Gasteiger partial charge on any atom is -0.457 e. The van der Waals surface area contributed by atoms with E-state index in [1.807, 2.05) is 60.7 Å². The number of ether oxygens (including phenoxy) is 1. The van der Waals surface area contributed by atoms with Gasteiger partial charge in [-0.25, -0.2) is 9.78 Å². The van der Waals surface area contributed by atoms with Crippen molar-refractivity contribution in [1.29, 1.82) is 5.26 Å². The summed E-state index contributed by atoms with van der Waals surface area (Å²) < 4.78 is 9.21. The molecule has 4 aromatic rings. The summed E-state index contributed by atoms with van der Waals surface area (Å²) in [7, 11) is 0. The fraction of sp³-hybridized carbons (Fsp3) is 0.290. The van der Waals surface area contributed by atoms with Crippen LogP contribution in [0.1, 0.15) is 38.1 Å². The van der Waals surface area contributed by atoms with Crippen molar-refractivity contribution in [1.82, 2.24) is 19.0 Å². The maximum atomic E-state index is 14.0. The number of piperidine rings is 1. The fourth-order valence-electron chi connectivity index (χ4n) is 5.59. The number of para-hydroxylation sites is 1. The van der Waals surface area contributed by atoms with Crippen LogP contribution in [0.25, 0.3) is 16.7 Å². The molecule has 2 aromatic heterocycles. The van der Waals surface area contributed by atoms with Crippen molar-refractivity contribution in [2.24, 2.45) is 5.92 Å². The fourth-order valence-corrected chi connectivity index (χ4v) is 5.59. The molecular formula is C31H30N6O3. The maximum Gasteiger partial charge on any atom is 0.334 e. The number of hydrogen-bond donors (Lipinski definition) is 1. The van der Waals surface area contributed by atoms with Crippen LogP contribution in [0, 0.1) is 17.2 Å². The molecule has 40 heavy (non-hydrogen) atoms. The Hall–Kier alpha value is -4.84. The first-order valence-electron chi connectivity index (χ1n) is 13.7. The molecule has 0 bridgehead atoms. The highest BCUT2D eigenvalue weighted by Crippen LogP contribution is 2.31. The smallest absolute Gasteiger partial charge is 0.334 e.